The standard InChI is InChI=1S/C14H25N3O3S/c1-12-5-2-3-9-17(12)10-4-8-16-21(18,19)14-7-6-13(11-15)20-14/h6-7,12,16H,2-5,8-11,15H2,1H3. The number of rotatable bonds is 7. The second-order valence-corrected chi connectivity index (χ2v) is 7.25. The molecule has 1 fully saturated rings. The topological polar surface area (TPSA) is 88.6 Å². The van der Waals surface area contributed by atoms with E-state index in [4.69, 9.17) is 10.2 Å². The Labute approximate surface area is 126 Å². The molecule has 1 saturated heterocycles. The van der Waals surface area contributed by atoms with Crippen LogP contribution in [0.3, 0.4) is 0 Å². The summed E-state index contributed by atoms with van der Waals surface area (Å²) >= 11 is 0. The predicted octanol–water partition coefficient (Wildman–Crippen LogP) is 1.28. The van der Waals surface area contributed by atoms with Crippen molar-refractivity contribution in [1.82, 2.24) is 9.62 Å². The quantitative estimate of drug-likeness (QED) is 0.740. The van der Waals surface area contributed by atoms with Crippen molar-refractivity contribution in [3.05, 3.63) is 17.9 Å². The van der Waals surface area contributed by atoms with E-state index < -0.39 is 10.0 Å². The van der Waals surface area contributed by atoms with Gasteiger partial charge in [0, 0.05) is 12.6 Å². The fourth-order valence-corrected chi connectivity index (χ4v) is 3.68. The van der Waals surface area contributed by atoms with E-state index in [1.807, 2.05) is 0 Å². The summed E-state index contributed by atoms with van der Waals surface area (Å²) in [6.07, 6.45) is 4.57. The molecule has 1 aromatic heterocycles. The van der Waals surface area contributed by atoms with Crippen LogP contribution in [0.2, 0.25) is 0 Å². The summed E-state index contributed by atoms with van der Waals surface area (Å²) in [6.45, 7) is 4.90. The first-order valence-corrected chi connectivity index (χ1v) is 9.04. The van der Waals surface area contributed by atoms with Gasteiger partial charge in [-0.15, -0.1) is 0 Å². The van der Waals surface area contributed by atoms with E-state index in [0.717, 1.165) is 19.5 Å². The van der Waals surface area contributed by atoms with Crippen LogP contribution in [0.4, 0.5) is 0 Å². The van der Waals surface area contributed by atoms with Crippen LogP contribution >= 0.6 is 0 Å². The Bertz CT molecular complexity index is 541. The molecule has 1 aliphatic heterocycles. The molecule has 0 saturated carbocycles. The molecule has 7 heteroatoms. The maximum atomic E-state index is 12.0. The average molecular weight is 315 g/mol. The van der Waals surface area contributed by atoms with Gasteiger partial charge < -0.3 is 15.1 Å². The number of hydrogen-bond acceptors (Lipinski definition) is 5. The fraction of sp³-hybridized carbons (Fsp3) is 0.714. The Balaban J connectivity index is 1.77. The SMILES string of the molecule is CC1CCCCN1CCCNS(=O)(=O)c1ccc(CN)o1. The smallest absolute Gasteiger partial charge is 0.273 e. The summed E-state index contributed by atoms with van der Waals surface area (Å²) in [6, 6.07) is 3.63. The molecule has 0 aromatic carbocycles. The van der Waals surface area contributed by atoms with E-state index in [-0.39, 0.29) is 11.6 Å². The highest BCUT2D eigenvalue weighted by Crippen LogP contribution is 2.16. The molecular formula is C14H25N3O3S. The third kappa shape index (κ3) is 4.54. The van der Waals surface area contributed by atoms with E-state index in [1.54, 1.807) is 6.07 Å². The van der Waals surface area contributed by atoms with Gasteiger partial charge in [0.25, 0.3) is 10.0 Å². The van der Waals surface area contributed by atoms with Crippen LogP contribution in [0.5, 0.6) is 0 Å². The number of furan rings is 1. The van der Waals surface area contributed by atoms with Gasteiger partial charge in [-0.3, -0.25) is 0 Å². The van der Waals surface area contributed by atoms with Gasteiger partial charge in [0.05, 0.1) is 6.54 Å². The number of hydrogen-bond donors (Lipinski definition) is 2. The molecule has 2 heterocycles. The number of nitrogens with one attached hydrogen (secondary N) is 1. The molecule has 0 aliphatic carbocycles. The molecule has 1 atom stereocenters. The maximum absolute atomic E-state index is 12.0. The van der Waals surface area contributed by atoms with Crippen LogP contribution in [0.25, 0.3) is 0 Å². The Kier molecular flexibility index (Phi) is 5.80. The van der Waals surface area contributed by atoms with Crippen LogP contribution in [-0.4, -0.2) is 39.0 Å². The lowest BCUT2D eigenvalue weighted by Gasteiger charge is -2.33. The van der Waals surface area contributed by atoms with Crippen molar-refractivity contribution in [2.75, 3.05) is 19.6 Å². The van der Waals surface area contributed by atoms with Gasteiger partial charge in [0.2, 0.25) is 5.09 Å². The molecule has 0 radical (unpaired) electrons. The third-order valence-electron chi connectivity index (χ3n) is 3.96. The molecular weight excluding hydrogens is 290 g/mol. The first-order valence-electron chi connectivity index (χ1n) is 7.55. The summed E-state index contributed by atoms with van der Waals surface area (Å²) < 4.78 is 31.8. The largest absolute Gasteiger partial charge is 0.447 e. The van der Waals surface area contributed by atoms with Crippen molar-refractivity contribution >= 4 is 10.0 Å². The van der Waals surface area contributed by atoms with E-state index in [2.05, 4.69) is 16.5 Å². The monoisotopic (exact) mass is 315 g/mol. The number of sulfonamides is 1. The van der Waals surface area contributed by atoms with Crippen LogP contribution in [0.15, 0.2) is 21.6 Å². The summed E-state index contributed by atoms with van der Waals surface area (Å²) in [4.78, 5) is 2.43. The fourth-order valence-electron chi connectivity index (χ4n) is 2.66. The molecule has 21 heavy (non-hydrogen) atoms. The van der Waals surface area contributed by atoms with Gasteiger partial charge in [-0.25, -0.2) is 13.1 Å². The zero-order chi connectivity index (χ0) is 15.3. The molecule has 6 nitrogen and oxygen atoms in total. The van der Waals surface area contributed by atoms with Crippen molar-refractivity contribution in [3.8, 4) is 0 Å². The summed E-state index contributed by atoms with van der Waals surface area (Å²) in [7, 11) is -3.56. The van der Waals surface area contributed by atoms with Gasteiger partial charge in [0.15, 0.2) is 0 Å². The summed E-state index contributed by atoms with van der Waals surface area (Å²) in [5.41, 5.74) is 5.41. The van der Waals surface area contributed by atoms with Crippen molar-refractivity contribution < 1.29 is 12.8 Å². The minimum absolute atomic E-state index is 0.0608. The number of piperidine rings is 1. The number of likely N-dealkylation sites (tertiary alicyclic amines) is 1. The van der Waals surface area contributed by atoms with Crippen molar-refractivity contribution in [2.45, 2.75) is 50.3 Å². The number of nitrogens with two attached hydrogens (primary N) is 1. The van der Waals surface area contributed by atoms with E-state index in [9.17, 15) is 8.42 Å². The molecule has 1 aromatic rings. The minimum atomic E-state index is -3.56. The van der Waals surface area contributed by atoms with E-state index in [1.165, 1.54) is 25.3 Å². The minimum Gasteiger partial charge on any atom is -0.447 e. The highest BCUT2D eigenvalue weighted by atomic mass is 32.2. The lowest BCUT2D eigenvalue weighted by atomic mass is 10.0. The van der Waals surface area contributed by atoms with Crippen LogP contribution in [-0.2, 0) is 16.6 Å². The first kappa shape index (κ1) is 16.5. The van der Waals surface area contributed by atoms with Crippen LogP contribution in [0.1, 0.15) is 38.4 Å². The van der Waals surface area contributed by atoms with Gasteiger partial charge in [0.1, 0.15) is 5.76 Å². The van der Waals surface area contributed by atoms with Gasteiger partial charge in [-0.1, -0.05) is 6.42 Å². The molecule has 0 spiro atoms. The summed E-state index contributed by atoms with van der Waals surface area (Å²) in [5.74, 6) is 0.470. The maximum Gasteiger partial charge on any atom is 0.273 e. The predicted molar refractivity (Wildman–Crippen MR) is 81.3 cm³/mol. The molecule has 3 N–H and O–H groups in total. The van der Waals surface area contributed by atoms with Gasteiger partial charge in [-0.05, 0) is 51.4 Å². The van der Waals surface area contributed by atoms with E-state index >= 15 is 0 Å². The summed E-state index contributed by atoms with van der Waals surface area (Å²) in [5, 5.41) is -0.0608. The molecule has 0 bridgehead atoms. The molecule has 2 rings (SSSR count). The molecule has 1 unspecified atom stereocenters. The van der Waals surface area contributed by atoms with Crippen LogP contribution in [0, 0.1) is 0 Å². The van der Waals surface area contributed by atoms with Crippen LogP contribution < -0.4 is 10.5 Å². The van der Waals surface area contributed by atoms with Gasteiger partial charge in [-0.2, -0.15) is 0 Å². The zero-order valence-electron chi connectivity index (χ0n) is 12.5. The molecule has 1 aliphatic rings. The Morgan fingerprint density at radius 2 is 2.24 bits per heavy atom. The highest BCUT2D eigenvalue weighted by molar-refractivity contribution is 7.89. The Morgan fingerprint density at radius 1 is 1.43 bits per heavy atom. The van der Waals surface area contributed by atoms with Crippen molar-refractivity contribution in [1.29, 1.82) is 0 Å². The van der Waals surface area contributed by atoms with Crippen molar-refractivity contribution in [2.24, 2.45) is 5.73 Å². The second-order valence-electron chi connectivity index (χ2n) is 5.56. The first-order chi connectivity index (χ1) is 10.0. The highest BCUT2D eigenvalue weighted by Gasteiger charge is 2.20. The molecule has 0 amide bonds. The second kappa shape index (κ2) is 7.40. The average Bonchev–Trinajstić information content (AvgIpc) is 2.95. The normalized spacial score (nSPS) is 20.8. The van der Waals surface area contributed by atoms with Crippen molar-refractivity contribution in [3.63, 3.8) is 0 Å². The van der Waals surface area contributed by atoms with Gasteiger partial charge >= 0.3 is 0 Å². The lowest BCUT2D eigenvalue weighted by molar-refractivity contribution is 0.159. The van der Waals surface area contributed by atoms with E-state index in [0.29, 0.717) is 18.3 Å². The number of nitrogens with zero attached hydrogens (tertiary/aromatic N) is 1. The Morgan fingerprint density at radius 3 is 2.90 bits per heavy atom. The zero-order valence-corrected chi connectivity index (χ0v) is 13.4. The Hall–Kier alpha value is -0.890. The third-order valence-corrected chi connectivity index (χ3v) is 5.29. The molecule has 120 valence electrons. The lowest BCUT2D eigenvalue weighted by Crippen LogP contribution is -2.39.